The molecule has 1 aromatic carbocycles. The molecule has 5 heteroatoms. The molecule has 5 nitrogen and oxygen atoms in total. The average molecular weight is 258 g/mol. The molecule has 0 saturated carbocycles. The smallest absolute Gasteiger partial charge is 0.253 e. The predicted octanol–water partition coefficient (Wildman–Crippen LogP) is 1.62. The molecule has 0 saturated heterocycles. The zero-order chi connectivity index (χ0) is 13.8. The number of hydrogen-bond donors (Lipinski definition) is 2. The lowest BCUT2D eigenvalue weighted by Gasteiger charge is -2.18. The topological polar surface area (TPSA) is 75.0 Å². The first kappa shape index (κ1) is 13.1. The van der Waals surface area contributed by atoms with E-state index in [2.05, 4.69) is 9.97 Å². The summed E-state index contributed by atoms with van der Waals surface area (Å²) in [5.74, 6) is 0.887. The monoisotopic (exact) mass is 258 g/mol. The second-order valence-electron chi connectivity index (χ2n) is 4.59. The highest BCUT2D eigenvalue weighted by Crippen LogP contribution is 2.14. The minimum absolute atomic E-state index is 0.00376. The lowest BCUT2D eigenvalue weighted by molar-refractivity contribution is 0.0795. The normalized spacial score (nSPS) is 10.4. The van der Waals surface area contributed by atoms with Gasteiger partial charge in [-0.2, -0.15) is 0 Å². The second kappa shape index (κ2) is 5.56. The van der Waals surface area contributed by atoms with Gasteiger partial charge in [0.05, 0.1) is 0 Å². The van der Waals surface area contributed by atoms with Gasteiger partial charge >= 0.3 is 0 Å². The zero-order valence-corrected chi connectivity index (χ0v) is 11.2. The lowest BCUT2D eigenvalue weighted by Crippen LogP contribution is -2.29. The molecule has 0 aliphatic heterocycles. The largest absolute Gasteiger partial charge is 0.399 e. The first-order valence-corrected chi connectivity index (χ1v) is 6.18. The molecular formula is C14H18N4O. The Labute approximate surface area is 112 Å². The average Bonchev–Trinajstić information content (AvgIpc) is 2.88. The summed E-state index contributed by atoms with van der Waals surface area (Å²) in [6.07, 6.45) is 4.20. The fourth-order valence-corrected chi connectivity index (χ4v) is 1.94. The van der Waals surface area contributed by atoms with E-state index in [4.69, 9.17) is 5.73 Å². The van der Waals surface area contributed by atoms with E-state index in [1.165, 1.54) is 0 Å². The van der Waals surface area contributed by atoms with Crippen molar-refractivity contribution >= 4 is 11.6 Å². The number of nitrogens with one attached hydrogen (secondary N) is 1. The van der Waals surface area contributed by atoms with Crippen molar-refractivity contribution in [2.24, 2.45) is 0 Å². The molecule has 0 spiro atoms. The van der Waals surface area contributed by atoms with Crippen LogP contribution in [0.3, 0.4) is 0 Å². The third-order valence-corrected chi connectivity index (χ3v) is 3.07. The van der Waals surface area contributed by atoms with E-state index in [0.717, 1.165) is 11.4 Å². The van der Waals surface area contributed by atoms with Gasteiger partial charge in [0, 0.05) is 43.7 Å². The zero-order valence-electron chi connectivity index (χ0n) is 11.2. The highest BCUT2D eigenvalue weighted by molar-refractivity contribution is 5.95. The number of carbonyl (C=O) groups is 1. The van der Waals surface area contributed by atoms with E-state index in [1.54, 1.807) is 36.5 Å². The molecule has 0 fully saturated rings. The van der Waals surface area contributed by atoms with Crippen LogP contribution in [0.5, 0.6) is 0 Å². The predicted molar refractivity (Wildman–Crippen MR) is 74.8 cm³/mol. The van der Waals surface area contributed by atoms with Crippen LogP contribution in [0.2, 0.25) is 0 Å². The number of aryl methyl sites for hydroxylation is 1. The Bertz CT molecular complexity index is 563. The van der Waals surface area contributed by atoms with Crippen LogP contribution in [0, 0.1) is 6.92 Å². The van der Waals surface area contributed by atoms with Crippen LogP contribution in [0.4, 0.5) is 5.69 Å². The van der Waals surface area contributed by atoms with E-state index < -0.39 is 0 Å². The molecule has 2 aromatic rings. The van der Waals surface area contributed by atoms with Crippen LogP contribution in [-0.2, 0) is 6.42 Å². The Hall–Kier alpha value is -2.30. The lowest BCUT2D eigenvalue weighted by atomic mass is 10.1. The van der Waals surface area contributed by atoms with Gasteiger partial charge < -0.3 is 15.6 Å². The number of H-pyrrole nitrogens is 1. The van der Waals surface area contributed by atoms with Gasteiger partial charge in [-0.15, -0.1) is 0 Å². The van der Waals surface area contributed by atoms with Gasteiger partial charge in [0.1, 0.15) is 5.82 Å². The van der Waals surface area contributed by atoms with Crippen molar-refractivity contribution in [1.82, 2.24) is 14.9 Å². The van der Waals surface area contributed by atoms with Crippen LogP contribution in [0.15, 0.2) is 30.6 Å². The van der Waals surface area contributed by atoms with Gasteiger partial charge in [-0.25, -0.2) is 4.98 Å². The van der Waals surface area contributed by atoms with Crippen molar-refractivity contribution in [2.45, 2.75) is 13.3 Å². The molecule has 100 valence electrons. The first-order chi connectivity index (χ1) is 9.08. The van der Waals surface area contributed by atoms with Crippen molar-refractivity contribution in [1.29, 1.82) is 0 Å². The fourth-order valence-electron chi connectivity index (χ4n) is 1.94. The summed E-state index contributed by atoms with van der Waals surface area (Å²) in [6, 6.07) is 5.34. The SMILES string of the molecule is Cc1cc(N)ccc1C(=O)N(C)CCc1ncc[nH]1. The number of anilines is 1. The molecule has 1 aromatic heterocycles. The number of amides is 1. The van der Waals surface area contributed by atoms with E-state index >= 15 is 0 Å². The molecule has 3 N–H and O–H groups in total. The van der Waals surface area contributed by atoms with E-state index in [0.29, 0.717) is 24.2 Å². The summed E-state index contributed by atoms with van der Waals surface area (Å²) in [5.41, 5.74) is 7.95. The van der Waals surface area contributed by atoms with Gasteiger partial charge in [0.25, 0.3) is 5.91 Å². The molecule has 1 amide bonds. The number of aromatic amines is 1. The van der Waals surface area contributed by atoms with Crippen LogP contribution >= 0.6 is 0 Å². The molecule has 19 heavy (non-hydrogen) atoms. The van der Waals surface area contributed by atoms with Crippen molar-refractivity contribution in [3.05, 3.63) is 47.5 Å². The van der Waals surface area contributed by atoms with Crippen molar-refractivity contribution < 1.29 is 4.79 Å². The van der Waals surface area contributed by atoms with Gasteiger partial charge in [-0.3, -0.25) is 4.79 Å². The number of nitrogen functional groups attached to an aromatic ring is 1. The minimum atomic E-state index is 0.00376. The molecule has 0 aliphatic rings. The van der Waals surface area contributed by atoms with Crippen LogP contribution in [0.25, 0.3) is 0 Å². The minimum Gasteiger partial charge on any atom is -0.399 e. The summed E-state index contributed by atoms with van der Waals surface area (Å²) < 4.78 is 0. The summed E-state index contributed by atoms with van der Waals surface area (Å²) in [7, 11) is 1.79. The Kier molecular flexibility index (Phi) is 3.85. The summed E-state index contributed by atoms with van der Waals surface area (Å²) in [5, 5.41) is 0. The number of carbonyl (C=O) groups excluding carboxylic acids is 1. The van der Waals surface area contributed by atoms with Crippen molar-refractivity contribution in [2.75, 3.05) is 19.3 Å². The number of aromatic nitrogens is 2. The number of rotatable bonds is 4. The number of nitrogens with two attached hydrogens (primary N) is 1. The molecular weight excluding hydrogens is 240 g/mol. The summed E-state index contributed by atoms with van der Waals surface area (Å²) in [4.78, 5) is 21.2. The maximum absolute atomic E-state index is 12.3. The molecule has 0 bridgehead atoms. The number of hydrogen-bond acceptors (Lipinski definition) is 3. The Morgan fingerprint density at radius 2 is 2.26 bits per heavy atom. The standard InChI is InChI=1S/C14H18N4O/c1-10-9-11(15)3-4-12(10)14(19)18(2)8-5-13-16-6-7-17-13/h3-4,6-7,9H,5,8,15H2,1-2H3,(H,16,17). The highest BCUT2D eigenvalue weighted by Gasteiger charge is 2.14. The second-order valence-corrected chi connectivity index (χ2v) is 4.59. The molecule has 0 atom stereocenters. The van der Waals surface area contributed by atoms with Crippen LogP contribution in [-0.4, -0.2) is 34.4 Å². The Morgan fingerprint density at radius 1 is 1.47 bits per heavy atom. The number of likely N-dealkylation sites (N-methyl/N-ethyl adjacent to an activating group) is 1. The van der Waals surface area contributed by atoms with Gasteiger partial charge in [-0.1, -0.05) is 0 Å². The van der Waals surface area contributed by atoms with E-state index in [9.17, 15) is 4.79 Å². The number of nitrogens with zero attached hydrogens (tertiary/aromatic N) is 2. The molecule has 1 heterocycles. The maximum atomic E-state index is 12.3. The number of imidazole rings is 1. The van der Waals surface area contributed by atoms with Gasteiger partial charge in [0.15, 0.2) is 0 Å². The Balaban J connectivity index is 2.02. The quantitative estimate of drug-likeness (QED) is 0.818. The maximum Gasteiger partial charge on any atom is 0.253 e. The molecule has 0 radical (unpaired) electrons. The van der Waals surface area contributed by atoms with Crippen LogP contribution < -0.4 is 5.73 Å². The van der Waals surface area contributed by atoms with E-state index in [-0.39, 0.29) is 5.91 Å². The highest BCUT2D eigenvalue weighted by atomic mass is 16.2. The first-order valence-electron chi connectivity index (χ1n) is 6.18. The third kappa shape index (κ3) is 3.13. The van der Waals surface area contributed by atoms with Crippen molar-refractivity contribution in [3.63, 3.8) is 0 Å². The fraction of sp³-hybridized carbons (Fsp3) is 0.286. The van der Waals surface area contributed by atoms with Crippen molar-refractivity contribution in [3.8, 4) is 0 Å². The molecule has 0 unspecified atom stereocenters. The molecule has 0 aliphatic carbocycles. The summed E-state index contributed by atoms with van der Waals surface area (Å²) >= 11 is 0. The van der Waals surface area contributed by atoms with E-state index in [1.807, 2.05) is 13.0 Å². The Morgan fingerprint density at radius 3 is 2.89 bits per heavy atom. The number of benzene rings is 1. The molecule has 2 rings (SSSR count). The summed E-state index contributed by atoms with van der Waals surface area (Å²) in [6.45, 7) is 2.51. The van der Waals surface area contributed by atoms with Crippen LogP contribution in [0.1, 0.15) is 21.7 Å². The third-order valence-electron chi connectivity index (χ3n) is 3.07. The van der Waals surface area contributed by atoms with Gasteiger partial charge in [-0.05, 0) is 30.7 Å². The van der Waals surface area contributed by atoms with Gasteiger partial charge in [0.2, 0.25) is 0 Å².